The van der Waals surface area contributed by atoms with Gasteiger partial charge in [0.2, 0.25) is 0 Å². The first-order valence-electron chi connectivity index (χ1n) is 10.6. The number of urea groups is 1. The molecular formula is C24H26ClFN4O. The number of fused-ring (bicyclic) bond motifs is 1. The molecule has 0 radical (unpaired) electrons. The molecule has 2 N–H and O–H groups in total. The van der Waals surface area contributed by atoms with E-state index in [1.54, 1.807) is 0 Å². The van der Waals surface area contributed by atoms with Crippen LogP contribution in [-0.2, 0) is 5.41 Å². The molecule has 1 unspecified atom stereocenters. The normalized spacial score (nSPS) is 24.1. The number of benzene rings is 2. The van der Waals surface area contributed by atoms with Crippen LogP contribution in [0.4, 0.5) is 14.9 Å². The Morgan fingerprint density at radius 2 is 2.19 bits per heavy atom. The van der Waals surface area contributed by atoms with Crippen molar-refractivity contribution >= 4 is 23.3 Å². The predicted molar refractivity (Wildman–Crippen MR) is 120 cm³/mol. The van der Waals surface area contributed by atoms with Gasteiger partial charge in [0.1, 0.15) is 5.82 Å². The third kappa shape index (κ3) is 4.39. The number of nitrogens with zero attached hydrogens (tertiary/aromatic N) is 2. The fraction of sp³-hybridized carbons (Fsp3) is 0.417. The zero-order valence-corrected chi connectivity index (χ0v) is 18.3. The largest absolute Gasteiger partial charge is 0.322 e. The zero-order valence-electron chi connectivity index (χ0n) is 17.5. The minimum Gasteiger partial charge on any atom is -0.320 e. The fourth-order valence-electron chi connectivity index (χ4n) is 5.00. The molecule has 2 aliphatic carbocycles. The lowest BCUT2D eigenvalue weighted by atomic mass is 9.80. The SMILES string of the molecule is CNCCN(C(=O)Nc1ccc(F)c(Cl)c1)[C@@H]1CC[C@@]2(c3cccc(C#N)c3)CC2C1. The van der Waals surface area contributed by atoms with Crippen molar-refractivity contribution in [1.29, 1.82) is 5.26 Å². The van der Waals surface area contributed by atoms with E-state index in [1.165, 1.54) is 23.8 Å². The van der Waals surface area contributed by atoms with E-state index in [9.17, 15) is 14.4 Å². The molecule has 0 spiro atoms. The molecule has 0 aliphatic heterocycles. The number of amides is 2. The summed E-state index contributed by atoms with van der Waals surface area (Å²) in [5, 5.41) is 15.2. The highest BCUT2D eigenvalue weighted by molar-refractivity contribution is 6.31. The van der Waals surface area contributed by atoms with Crippen molar-refractivity contribution in [3.63, 3.8) is 0 Å². The first-order valence-corrected chi connectivity index (χ1v) is 11.0. The van der Waals surface area contributed by atoms with E-state index in [2.05, 4.69) is 22.8 Å². The Morgan fingerprint density at radius 1 is 1.35 bits per heavy atom. The standard InChI is InChI=1S/C24H26ClFN4O/c1-28-9-10-30(23(31)29-19-5-6-22(26)21(25)13-19)20-7-8-24(14-18(24)12-20)17-4-2-3-16(11-17)15-27/h2-6,11,13,18,20,28H,7-10,12,14H2,1H3,(H,29,31)/t18?,20-,24+/m1/s1. The molecule has 5 nitrogen and oxygen atoms in total. The van der Waals surface area contributed by atoms with E-state index >= 15 is 0 Å². The highest BCUT2D eigenvalue weighted by Gasteiger charge is 2.58. The van der Waals surface area contributed by atoms with Gasteiger partial charge in [0.25, 0.3) is 0 Å². The first kappa shape index (κ1) is 21.6. The minimum absolute atomic E-state index is 0.0143. The van der Waals surface area contributed by atoms with Crippen LogP contribution in [0.15, 0.2) is 42.5 Å². The number of halogens is 2. The van der Waals surface area contributed by atoms with Gasteiger partial charge in [0.05, 0.1) is 16.7 Å². The summed E-state index contributed by atoms with van der Waals surface area (Å²) >= 11 is 5.86. The van der Waals surface area contributed by atoms with Crippen molar-refractivity contribution in [2.75, 3.05) is 25.5 Å². The van der Waals surface area contributed by atoms with Crippen LogP contribution in [0, 0.1) is 23.1 Å². The Hall–Kier alpha value is -2.62. The van der Waals surface area contributed by atoms with Crippen molar-refractivity contribution in [2.45, 2.75) is 37.1 Å². The van der Waals surface area contributed by atoms with E-state index < -0.39 is 5.82 Å². The summed E-state index contributed by atoms with van der Waals surface area (Å²) in [6, 6.07) is 14.3. The molecule has 0 aromatic heterocycles. The van der Waals surface area contributed by atoms with Crippen molar-refractivity contribution in [3.8, 4) is 6.07 Å². The lowest BCUT2D eigenvalue weighted by Crippen LogP contribution is -2.47. The van der Waals surface area contributed by atoms with Crippen molar-refractivity contribution in [3.05, 3.63) is 64.4 Å². The topological polar surface area (TPSA) is 68.2 Å². The van der Waals surface area contributed by atoms with E-state index in [0.29, 0.717) is 30.3 Å². The van der Waals surface area contributed by atoms with Crippen molar-refractivity contribution in [1.82, 2.24) is 10.2 Å². The number of carbonyl (C=O) groups is 1. The second-order valence-corrected chi connectivity index (χ2v) is 8.94. The second kappa shape index (κ2) is 8.86. The number of carbonyl (C=O) groups excluding carboxylic acids is 1. The van der Waals surface area contributed by atoms with Crippen LogP contribution >= 0.6 is 11.6 Å². The Bertz CT molecular complexity index is 1020. The van der Waals surface area contributed by atoms with Crippen LogP contribution in [-0.4, -0.2) is 37.1 Å². The predicted octanol–water partition coefficient (Wildman–Crippen LogP) is 4.91. The van der Waals surface area contributed by atoms with Gasteiger partial charge in [-0.15, -0.1) is 0 Å². The van der Waals surface area contributed by atoms with Crippen molar-refractivity contribution < 1.29 is 9.18 Å². The van der Waals surface area contributed by atoms with Gasteiger partial charge in [-0.1, -0.05) is 23.7 Å². The summed E-state index contributed by atoms with van der Waals surface area (Å²) in [5.74, 6) is 0.00914. The number of rotatable bonds is 6. The lowest BCUT2D eigenvalue weighted by molar-refractivity contribution is 0.161. The molecule has 2 saturated carbocycles. The number of hydrogen-bond donors (Lipinski definition) is 2. The summed E-state index contributed by atoms with van der Waals surface area (Å²) in [4.78, 5) is 15.0. The van der Waals surface area contributed by atoms with Crippen LogP contribution in [0.5, 0.6) is 0 Å². The van der Waals surface area contributed by atoms with Gasteiger partial charge in [-0.3, -0.25) is 0 Å². The molecule has 162 valence electrons. The second-order valence-electron chi connectivity index (χ2n) is 8.53. The number of hydrogen-bond acceptors (Lipinski definition) is 3. The average molecular weight is 441 g/mol. The molecule has 2 amide bonds. The van der Waals surface area contributed by atoms with Crippen LogP contribution in [0.3, 0.4) is 0 Å². The maximum atomic E-state index is 13.4. The van der Waals surface area contributed by atoms with E-state index in [1.807, 2.05) is 30.1 Å². The van der Waals surface area contributed by atoms with E-state index in [4.69, 9.17) is 11.6 Å². The molecule has 0 heterocycles. The molecule has 0 bridgehead atoms. The minimum atomic E-state index is -0.510. The number of anilines is 1. The highest BCUT2D eigenvalue weighted by atomic mass is 35.5. The van der Waals surface area contributed by atoms with Crippen molar-refractivity contribution in [2.24, 2.45) is 5.92 Å². The Balaban J connectivity index is 1.46. The van der Waals surface area contributed by atoms with Gasteiger partial charge in [-0.2, -0.15) is 5.26 Å². The monoisotopic (exact) mass is 440 g/mol. The molecule has 2 aliphatic rings. The van der Waals surface area contributed by atoms with Crippen LogP contribution in [0.2, 0.25) is 5.02 Å². The summed E-state index contributed by atoms with van der Waals surface area (Å²) in [6.07, 6.45) is 3.96. The highest BCUT2D eigenvalue weighted by Crippen LogP contribution is 2.62. The zero-order chi connectivity index (χ0) is 22.0. The maximum absolute atomic E-state index is 13.4. The molecule has 31 heavy (non-hydrogen) atoms. The van der Waals surface area contributed by atoms with Gasteiger partial charge in [0, 0.05) is 24.8 Å². The third-order valence-electron chi connectivity index (χ3n) is 6.75. The molecular weight excluding hydrogens is 415 g/mol. The summed E-state index contributed by atoms with van der Waals surface area (Å²) in [5.41, 5.74) is 2.59. The molecule has 2 aromatic rings. The molecule has 4 rings (SSSR count). The number of nitriles is 1. The van der Waals surface area contributed by atoms with Crippen LogP contribution < -0.4 is 10.6 Å². The third-order valence-corrected chi connectivity index (χ3v) is 7.04. The number of nitrogens with one attached hydrogen (secondary N) is 2. The average Bonchev–Trinajstić information content (AvgIpc) is 3.52. The van der Waals surface area contributed by atoms with E-state index in [-0.39, 0.29) is 22.5 Å². The molecule has 3 atom stereocenters. The summed E-state index contributed by atoms with van der Waals surface area (Å²) in [6.45, 7) is 1.28. The Labute approximate surface area is 187 Å². The number of likely N-dealkylation sites (N-methyl/N-ethyl adjacent to an activating group) is 1. The van der Waals surface area contributed by atoms with Gasteiger partial charge in [-0.25, -0.2) is 9.18 Å². The fourth-order valence-corrected chi connectivity index (χ4v) is 5.18. The Kier molecular flexibility index (Phi) is 6.17. The molecule has 0 saturated heterocycles. The summed E-state index contributed by atoms with van der Waals surface area (Å²) in [7, 11) is 1.87. The van der Waals surface area contributed by atoms with Gasteiger partial charge in [-0.05, 0) is 80.0 Å². The van der Waals surface area contributed by atoms with Crippen LogP contribution in [0.1, 0.15) is 36.8 Å². The Morgan fingerprint density at radius 3 is 2.90 bits per heavy atom. The maximum Gasteiger partial charge on any atom is 0.322 e. The molecule has 2 fully saturated rings. The smallest absolute Gasteiger partial charge is 0.320 e. The van der Waals surface area contributed by atoms with Gasteiger partial charge >= 0.3 is 6.03 Å². The molecule has 2 aromatic carbocycles. The van der Waals surface area contributed by atoms with Gasteiger partial charge < -0.3 is 15.5 Å². The van der Waals surface area contributed by atoms with Crippen LogP contribution in [0.25, 0.3) is 0 Å². The first-order chi connectivity index (χ1) is 15.0. The summed E-state index contributed by atoms with van der Waals surface area (Å²) < 4.78 is 13.4. The van der Waals surface area contributed by atoms with E-state index in [0.717, 1.165) is 25.7 Å². The molecule has 7 heteroatoms. The van der Waals surface area contributed by atoms with Gasteiger partial charge in [0.15, 0.2) is 0 Å². The quantitative estimate of drug-likeness (QED) is 0.670. The lowest BCUT2D eigenvalue weighted by Gasteiger charge is -2.37.